The third-order valence-electron chi connectivity index (χ3n) is 3.52. The summed E-state index contributed by atoms with van der Waals surface area (Å²) in [5.41, 5.74) is 5.70. The predicted molar refractivity (Wildman–Crippen MR) is 71.6 cm³/mol. The molecule has 3 nitrogen and oxygen atoms in total. The highest BCUT2D eigenvalue weighted by atomic mass is 16.1. The lowest BCUT2D eigenvalue weighted by molar-refractivity contribution is -0.125. The fourth-order valence-corrected chi connectivity index (χ4v) is 2.17. The van der Waals surface area contributed by atoms with Crippen LogP contribution in [0.4, 0.5) is 0 Å². The molecule has 0 spiro atoms. The summed E-state index contributed by atoms with van der Waals surface area (Å²) in [7, 11) is 0. The summed E-state index contributed by atoms with van der Waals surface area (Å²) in [6, 6.07) is 0.588. The number of nitrogens with one attached hydrogen (secondary N) is 1. The fourth-order valence-electron chi connectivity index (χ4n) is 2.17. The molecule has 3 heteroatoms. The van der Waals surface area contributed by atoms with Crippen molar-refractivity contribution in [3.8, 4) is 0 Å². The zero-order chi connectivity index (χ0) is 12.8. The van der Waals surface area contributed by atoms with Crippen molar-refractivity contribution in [3.05, 3.63) is 0 Å². The largest absolute Gasteiger partial charge is 0.353 e. The van der Waals surface area contributed by atoms with E-state index in [1.807, 2.05) is 13.8 Å². The molecule has 17 heavy (non-hydrogen) atoms. The van der Waals surface area contributed by atoms with Crippen LogP contribution >= 0.6 is 0 Å². The molecular weight excluding hydrogens is 212 g/mol. The molecule has 0 radical (unpaired) electrons. The molecule has 3 N–H and O–H groups in total. The Bertz CT molecular complexity index is 236. The number of carbonyl (C=O) groups is 1. The van der Waals surface area contributed by atoms with Crippen molar-refractivity contribution in [1.82, 2.24) is 5.32 Å². The van der Waals surface area contributed by atoms with Gasteiger partial charge in [0.05, 0.1) is 0 Å². The van der Waals surface area contributed by atoms with E-state index in [9.17, 15) is 4.79 Å². The minimum Gasteiger partial charge on any atom is -0.353 e. The topological polar surface area (TPSA) is 55.1 Å². The van der Waals surface area contributed by atoms with Gasteiger partial charge in [0.2, 0.25) is 5.91 Å². The van der Waals surface area contributed by atoms with Crippen LogP contribution in [0, 0.1) is 11.8 Å². The molecule has 0 saturated heterocycles. The SMILES string of the molecule is CC(N)CCCC(C)C(=O)NC(C)CC1CC1. The van der Waals surface area contributed by atoms with Gasteiger partial charge in [0, 0.05) is 18.0 Å². The summed E-state index contributed by atoms with van der Waals surface area (Å²) >= 11 is 0. The number of nitrogens with two attached hydrogens (primary N) is 1. The Hall–Kier alpha value is -0.570. The fraction of sp³-hybridized carbons (Fsp3) is 0.929. The van der Waals surface area contributed by atoms with Crippen molar-refractivity contribution in [2.75, 3.05) is 0 Å². The first kappa shape index (κ1) is 14.5. The predicted octanol–water partition coefficient (Wildman–Crippen LogP) is 2.44. The van der Waals surface area contributed by atoms with E-state index in [2.05, 4.69) is 12.2 Å². The highest BCUT2D eigenvalue weighted by molar-refractivity contribution is 5.78. The van der Waals surface area contributed by atoms with Gasteiger partial charge in [-0.25, -0.2) is 0 Å². The molecule has 0 aromatic heterocycles. The van der Waals surface area contributed by atoms with Crippen LogP contribution in [0.2, 0.25) is 0 Å². The second-order valence-electron chi connectivity index (χ2n) is 5.90. The highest BCUT2D eigenvalue weighted by Gasteiger charge is 2.24. The molecule has 1 aliphatic carbocycles. The van der Waals surface area contributed by atoms with Crippen LogP contribution in [-0.4, -0.2) is 18.0 Å². The van der Waals surface area contributed by atoms with E-state index in [0.717, 1.165) is 31.6 Å². The first-order chi connectivity index (χ1) is 7.99. The molecule has 0 bridgehead atoms. The van der Waals surface area contributed by atoms with Crippen LogP contribution in [0.25, 0.3) is 0 Å². The maximum absolute atomic E-state index is 11.9. The normalized spacial score (nSPS) is 20.7. The smallest absolute Gasteiger partial charge is 0.223 e. The van der Waals surface area contributed by atoms with Crippen LogP contribution in [0.15, 0.2) is 0 Å². The molecule has 1 amide bonds. The molecule has 3 atom stereocenters. The number of carbonyl (C=O) groups excluding carboxylic acids is 1. The van der Waals surface area contributed by atoms with E-state index in [1.165, 1.54) is 12.8 Å². The van der Waals surface area contributed by atoms with Crippen molar-refractivity contribution >= 4 is 5.91 Å². The van der Waals surface area contributed by atoms with Gasteiger partial charge in [0.25, 0.3) is 0 Å². The monoisotopic (exact) mass is 240 g/mol. The summed E-state index contributed by atoms with van der Waals surface area (Å²) in [4.78, 5) is 11.9. The van der Waals surface area contributed by atoms with Gasteiger partial charge in [-0.05, 0) is 39.0 Å². The quantitative estimate of drug-likeness (QED) is 0.684. The van der Waals surface area contributed by atoms with Gasteiger partial charge in [0.15, 0.2) is 0 Å². The summed E-state index contributed by atoms with van der Waals surface area (Å²) in [6.45, 7) is 6.15. The molecule has 1 aliphatic rings. The van der Waals surface area contributed by atoms with E-state index < -0.39 is 0 Å². The van der Waals surface area contributed by atoms with E-state index in [0.29, 0.717) is 6.04 Å². The van der Waals surface area contributed by atoms with Gasteiger partial charge in [-0.15, -0.1) is 0 Å². The van der Waals surface area contributed by atoms with E-state index in [-0.39, 0.29) is 17.9 Å². The van der Waals surface area contributed by atoms with Gasteiger partial charge in [0.1, 0.15) is 0 Å². The average Bonchev–Trinajstić information content (AvgIpc) is 3.00. The number of amides is 1. The summed E-state index contributed by atoms with van der Waals surface area (Å²) in [5.74, 6) is 1.21. The lowest BCUT2D eigenvalue weighted by Crippen LogP contribution is -2.36. The van der Waals surface area contributed by atoms with Gasteiger partial charge in [-0.3, -0.25) is 4.79 Å². The number of hydrogen-bond donors (Lipinski definition) is 2. The van der Waals surface area contributed by atoms with Crippen LogP contribution in [0.5, 0.6) is 0 Å². The van der Waals surface area contributed by atoms with Gasteiger partial charge in [-0.2, -0.15) is 0 Å². The lowest BCUT2D eigenvalue weighted by atomic mass is 10.0. The van der Waals surface area contributed by atoms with E-state index in [4.69, 9.17) is 5.73 Å². The third-order valence-corrected chi connectivity index (χ3v) is 3.52. The molecule has 0 aromatic rings. The standard InChI is InChI=1S/C14H28N2O/c1-10(5-4-6-11(2)15)14(17)16-12(3)9-13-7-8-13/h10-13H,4-9,15H2,1-3H3,(H,16,17). The Morgan fingerprint density at radius 1 is 1.29 bits per heavy atom. The van der Waals surface area contributed by atoms with Crippen LogP contribution in [0.1, 0.15) is 59.3 Å². The Labute approximate surface area is 106 Å². The van der Waals surface area contributed by atoms with Crippen molar-refractivity contribution < 1.29 is 4.79 Å². The van der Waals surface area contributed by atoms with Crippen LogP contribution in [0.3, 0.4) is 0 Å². The van der Waals surface area contributed by atoms with Crippen molar-refractivity contribution in [1.29, 1.82) is 0 Å². The zero-order valence-electron chi connectivity index (χ0n) is 11.5. The van der Waals surface area contributed by atoms with Gasteiger partial charge >= 0.3 is 0 Å². The van der Waals surface area contributed by atoms with E-state index in [1.54, 1.807) is 0 Å². The maximum Gasteiger partial charge on any atom is 0.223 e. The average molecular weight is 240 g/mol. The molecule has 1 fully saturated rings. The van der Waals surface area contributed by atoms with Gasteiger partial charge < -0.3 is 11.1 Å². The molecule has 100 valence electrons. The van der Waals surface area contributed by atoms with Crippen LogP contribution < -0.4 is 11.1 Å². The van der Waals surface area contributed by atoms with E-state index >= 15 is 0 Å². The maximum atomic E-state index is 11.9. The number of hydrogen-bond acceptors (Lipinski definition) is 2. The van der Waals surface area contributed by atoms with Crippen LogP contribution in [-0.2, 0) is 4.79 Å². The van der Waals surface area contributed by atoms with Crippen molar-refractivity contribution in [2.45, 2.75) is 71.4 Å². The van der Waals surface area contributed by atoms with Crippen molar-refractivity contribution in [3.63, 3.8) is 0 Å². The summed E-state index contributed by atoms with van der Waals surface area (Å²) in [6.07, 6.45) is 6.86. The Balaban J connectivity index is 2.11. The zero-order valence-corrected chi connectivity index (χ0v) is 11.5. The molecule has 0 aliphatic heterocycles. The molecule has 0 heterocycles. The minimum atomic E-state index is 0.121. The lowest BCUT2D eigenvalue weighted by Gasteiger charge is -2.17. The van der Waals surface area contributed by atoms with Gasteiger partial charge in [-0.1, -0.05) is 26.2 Å². The first-order valence-electron chi connectivity index (χ1n) is 7.05. The third kappa shape index (κ3) is 6.67. The first-order valence-corrected chi connectivity index (χ1v) is 7.05. The minimum absolute atomic E-state index is 0.121. The van der Waals surface area contributed by atoms with Crippen molar-refractivity contribution in [2.24, 2.45) is 17.6 Å². The molecule has 3 unspecified atom stereocenters. The second-order valence-corrected chi connectivity index (χ2v) is 5.90. The highest BCUT2D eigenvalue weighted by Crippen LogP contribution is 2.33. The Kier molecular flexibility index (Phi) is 5.96. The molecule has 1 rings (SSSR count). The summed E-state index contributed by atoms with van der Waals surface area (Å²) < 4.78 is 0. The summed E-state index contributed by atoms with van der Waals surface area (Å²) in [5, 5.41) is 3.12. The number of rotatable bonds is 8. The Morgan fingerprint density at radius 2 is 1.94 bits per heavy atom. The second kappa shape index (κ2) is 7.00. The molecule has 1 saturated carbocycles. The molecule has 0 aromatic carbocycles. The molecular formula is C14H28N2O. The Morgan fingerprint density at radius 3 is 2.47 bits per heavy atom.